The van der Waals surface area contributed by atoms with E-state index in [4.69, 9.17) is 11.6 Å². The number of aliphatic hydroxyl groups excluding tert-OH is 1. The number of hydrogen-bond acceptors (Lipinski definition) is 2. The summed E-state index contributed by atoms with van der Waals surface area (Å²) >= 11 is 10.4. The third-order valence-corrected chi connectivity index (χ3v) is 9.61. The second-order valence-corrected chi connectivity index (χ2v) is 12.6. The molecule has 1 heterocycles. The van der Waals surface area contributed by atoms with E-state index >= 15 is 0 Å². The molecule has 0 amide bonds. The largest absolute Gasteiger partial charge is 0.390 e. The van der Waals surface area contributed by atoms with Crippen LogP contribution in [0, 0.1) is 6.92 Å². The van der Waals surface area contributed by atoms with Gasteiger partial charge in [0.15, 0.2) is 0 Å². The monoisotopic (exact) mass is 563 g/mol. The predicted octanol–water partition coefficient (Wildman–Crippen LogP) is 9.13. The summed E-state index contributed by atoms with van der Waals surface area (Å²) in [6, 6.07) is 19.3. The molecule has 0 radical (unpaired) electrons. The second-order valence-electron chi connectivity index (χ2n) is 11.5. The number of para-hydroxylation sites is 1. The van der Waals surface area contributed by atoms with Crippen molar-refractivity contribution in [1.82, 2.24) is 0 Å². The normalized spacial score (nSPS) is 19.6. The summed E-state index contributed by atoms with van der Waals surface area (Å²) in [5.74, 6) is 0. The molecule has 188 valence electrons. The molecule has 1 atom stereocenters. The molecule has 36 heavy (non-hydrogen) atoms. The van der Waals surface area contributed by atoms with E-state index in [0.717, 1.165) is 15.9 Å². The van der Waals surface area contributed by atoms with Gasteiger partial charge in [-0.2, -0.15) is 0 Å². The summed E-state index contributed by atoms with van der Waals surface area (Å²) in [7, 11) is 0. The molecule has 4 heteroatoms. The molecule has 0 bridgehead atoms. The van der Waals surface area contributed by atoms with Crippen molar-refractivity contribution < 1.29 is 5.11 Å². The number of anilines is 1. The van der Waals surface area contributed by atoms with Crippen molar-refractivity contribution in [2.24, 2.45) is 0 Å². The Hall–Kier alpha value is -2.07. The van der Waals surface area contributed by atoms with Gasteiger partial charge in [0.25, 0.3) is 0 Å². The van der Waals surface area contributed by atoms with Crippen molar-refractivity contribution in [1.29, 1.82) is 0 Å². The maximum Gasteiger partial charge on any atom is 0.0855 e. The van der Waals surface area contributed by atoms with Crippen molar-refractivity contribution in [3.63, 3.8) is 0 Å². The smallest absolute Gasteiger partial charge is 0.0855 e. The zero-order valence-electron chi connectivity index (χ0n) is 21.8. The van der Waals surface area contributed by atoms with Crippen molar-refractivity contribution >= 4 is 54.8 Å². The van der Waals surface area contributed by atoms with Gasteiger partial charge in [0.05, 0.1) is 16.7 Å². The quantitative estimate of drug-likeness (QED) is 0.209. The first-order valence-electron chi connectivity index (χ1n) is 12.9. The van der Waals surface area contributed by atoms with Crippen LogP contribution in [-0.2, 0) is 18.3 Å². The molecule has 2 N–H and O–H groups in total. The lowest BCUT2D eigenvalue weighted by Crippen LogP contribution is -2.57. The Morgan fingerprint density at radius 3 is 2.33 bits per heavy atom. The lowest BCUT2D eigenvalue weighted by Gasteiger charge is -2.48. The Morgan fingerprint density at radius 1 is 0.889 bits per heavy atom. The van der Waals surface area contributed by atoms with Crippen LogP contribution < -0.4 is 5.32 Å². The van der Waals surface area contributed by atoms with E-state index in [1.54, 1.807) is 0 Å². The molecule has 1 aliphatic heterocycles. The topological polar surface area (TPSA) is 32.3 Å². The van der Waals surface area contributed by atoms with E-state index in [1.807, 2.05) is 0 Å². The molecular formula is C32H35BrClNO. The van der Waals surface area contributed by atoms with Gasteiger partial charge in [-0.1, -0.05) is 80.0 Å². The first-order chi connectivity index (χ1) is 17.0. The highest BCUT2D eigenvalue weighted by molar-refractivity contribution is 9.10. The average Bonchev–Trinajstić information content (AvgIpc) is 2.87. The minimum atomic E-state index is -0.394. The van der Waals surface area contributed by atoms with Crippen LogP contribution >= 0.6 is 27.5 Å². The zero-order valence-corrected chi connectivity index (χ0v) is 24.1. The van der Waals surface area contributed by atoms with E-state index in [-0.39, 0.29) is 11.0 Å². The Labute approximate surface area is 228 Å². The van der Waals surface area contributed by atoms with Gasteiger partial charge in [-0.25, -0.2) is 0 Å². The summed E-state index contributed by atoms with van der Waals surface area (Å²) in [4.78, 5) is 0. The van der Waals surface area contributed by atoms with E-state index in [0.29, 0.717) is 0 Å². The Balaban J connectivity index is 0.000000152. The molecule has 1 unspecified atom stereocenters. The van der Waals surface area contributed by atoms with E-state index in [1.165, 1.54) is 68.7 Å². The predicted molar refractivity (Wildman–Crippen MR) is 159 cm³/mol. The number of hydrogen-bond donors (Lipinski definition) is 2. The van der Waals surface area contributed by atoms with E-state index in [9.17, 15) is 5.11 Å². The van der Waals surface area contributed by atoms with Crippen LogP contribution in [0.15, 0.2) is 59.1 Å². The van der Waals surface area contributed by atoms with Crippen molar-refractivity contribution in [2.45, 2.75) is 77.4 Å². The molecule has 0 aromatic heterocycles. The fourth-order valence-electron chi connectivity index (χ4n) is 6.25. The van der Waals surface area contributed by atoms with Gasteiger partial charge >= 0.3 is 0 Å². The first-order valence-corrected chi connectivity index (χ1v) is 14.1. The van der Waals surface area contributed by atoms with Gasteiger partial charge in [0.2, 0.25) is 0 Å². The van der Waals surface area contributed by atoms with Crippen molar-refractivity contribution in [3.05, 3.63) is 86.3 Å². The summed E-state index contributed by atoms with van der Waals surface area (Å²) in [6.07, 6.45) is 4.51. The molecular weight excluding hydrogens is 530 g/mol. The fraction of sp³-hybridized carbons (Fsp3) is 0.375. The average molecular weight is 565 g/mol. The van der Waals surface area contributed by atoms with Crippen molar-refractivity contribution in [2.75, 3.05) is 5.32 Å². The van der Waals surface area contributed by atoms with E-state index < -0.39 is 6.10 Å². The first kappa shape index (κ1) is 25.6. The van der Waals surface area contributed by atoms with Crippen LogP contribution in [0.2, 0.25) is 5.02 Å². The molecule has 6 rings (SSSR count). The highest BCUT2D eigenvalue weighted by Crippen LogP contribution is 2.45. The number of rotatable bonds is 0. The maximum atomic E-state index is 10.4. The molecule has 4 aromatic rings. The zero-order chi connectivity index (χ0) is 25.8. The van der Waals surface area contributed by atoms with Crippen LogP contribution in [0.25, 0.3) is 21.5 Å². The summed E-state index contributed by atoms with van der Waals surface area (Å²) in [5.41, 5.74) is 6.07. The highest BCUT2D eigenvalue weighted by atomic mass is 79.9. The number of nitrogens with one attached hydrogen (secondary N) is 1. The van der Waals surface area contributed by atoms with E-state index in [2.05, 4.69) is 110 Å². The Morgan fingerprint density at radius 2 is 1.58 bits per heavy atom. The Bertz CT molecular complexity index is 1470. The SMILES string of the molecule is Cc1cccc2c1NC(C)(C)C(O)C2(C)C.Clc1c(Br)c2ccccc2c2ccc3c(c12)CCCC3. The molecule has 4 aromatic carbocycles. The van der Waals surface area contributed by atoms with Crippen LogP contribution in [0.4, 0.5) is 5.69 Å². The lowest BCUT2D eigenvalue weighted by atomic mass is 9.68. The van der Waals surface area contributed by atoms with Crippen LogP contribution in [0.5, 0.6) is 0 Å². The van der Waals surface area contributed by atoms with Crippen LogP contribution in [0.1, 0.15) is 62.8 Å². The number of fused-ring (bicyclic) bond motifs is 6. The van der Waals surface area contributed by atoms with Gasteiger partial charge in [0.1, 0.15) is 0 Å². The molecule has 2 aliphatic rings. The molecule has 0 fully saturated rings. The second kappa shape index (κ2) is 9.35. The number of aryl methyl sites for hydroxylation is 3. The molecule has 0 spiro atoms. The van der Waals surface area contributed by atoms with Gasteiger partial charge in [-0.05, 0) is 101 Å². The standard InChI is InChI=1S/C18H14BrCl.C14H21NO/c19-17-15-8-4-3-7-13(15)14-10-9-11-5-1-2-6-12(11)16(14)18(17)20;1-9-7-6-8-10-11(9)15-14(4,5)12(16)13(10,2)3/h3-4,7-10H,1-2,5-6H2;6-8,12,15-16H,1-5H3. The third kappa shape index (κ3) is 4.14. The van der Waals surface area contributed by atoms with Gasteiger partial charge in [-0.3, -0.25) is 0 Å². The maximum absolute atomic E-state index is 10.4. The summed E-state index contributed by atoms with van der Waals surface area (Å²) in [6.45, 7) is 10.4. The molecule has 1 aliphatic carbocycles. The van der Waals surface area contributed by atoms with Crippen LogP contribution in [0.3, 0.4) is 0 Å². The number of benzene rings is 4. The third-order valence-electron chi connectivity index (χ3n) is 8.18. The number of halogens is 2. The lowest BCUT2D eigenvalue weighted by molar-refractivity contribution is 0.0433. The van der Waals surface area contributed by atoms with Gasteiger partial charge in [0, 0.05) is 21.0 Å². The number of aliphatic hydroxyl groups is 1. The molecule has 0 saturated heterocycles. The minimum Gasteiger partial charge on any atom is -0.390 e. The summed E-state index contributed by atoms with van der Waals surface area (Å²) < 4.78 is 1.03. The highest BCUT2D eigenvalue weighted by Gasteiger charge is 2.46. The fourth-order valence-corrected chi connectivity index (χ4v) is 7.11. The molecule has 2 nitrogen and oxygen atoms in total. The molecule has 0 saturated carbocycles. The van der Waals surface area contributed by atoms with Crippen molar-refractivity contribution in [3.8, 4) is 0 Å². The van der Waals surface area contributed by atoms with Gasteiger partial charge in [-0.15, -0.1) is 0 Å². The summed E-state index contributed by atoms with van der Waals surface area (Å²) in [5, 5.41) is 19.8. The van der Waals surface area contributed by atoms with Crippen LogP contribution in [-0.4, -0.2) is 16.7 Å². The minimum absolute atomic E-state index is 0.212. The van der Waals surface area contributed by atoms with Gasteiger partial charge < -0.3 is 10.4 Å². The Kier molecular flexibility index (Phi) is 6.64.